The van der Waals surface area contributed by atoms with Crippen LogP contribution in [-0.4, -0.2) is 56.1 Å². The second-order valence-corrected chi connectivity index (χ2v) is 15.8. The molecule has 0 aromatic heterocycles. The smallest absolute Gasteiger partial charge is 0.264 e. The highest BCUT2D eigenvalue weighted by atomic mass is 79.9. The number of thioether (sulfide) groups is 1. The molecule has 0 spiro atoms. The van der Waals surface area contributed by atoms with Gasteiger partial charge in [0.05, 0.1) is 17.2 Å². The number of hydrogen-bond donors (Lipinski definition) is 1. The number of halogens is 1. The summed E-state index contributed by atoms with van der Waals surface area (Å²) in [5.74, 6) is -0.560. The number of rotatable bonds is 14. The Bertz CT molecular complexity index is 1780. The summed E-state index contributed by atoms with van der Waals surface area (Å²) in [6.45, 7) is 7.25. The first-order valence-electron chi connectivity index (χ1n) is 15.6. The Morgan fingerprint density at radius 1 is 0.875 bits per heavy atom. The third kappa shape index (κ3) is 9.87. The molecule has 11 heteroatoms. The molecule has 0 saturated carbocycles. The molecule has 48 heavy (non-hydrogen) atoms. The van der Waals surface area contributed by atoms with Gasteiger partial charge in [0.2, 0.25) is 11.8 Å². The monoisotopic (exact) mass is 751 g/mol. The lowest BCUT2D eigenvalue weighted by Gasteiger charge is -2.35. The molecule has 0 fully saturated rings. The van der Waals surface area contributed by atoms with Crippen molar-refractivity contribution >= 4 is 55.2 Å². The van der Waals surface area contributed by atoms with Gasteiger partial charge in [-0.05, 0) is 93.6 Å². The van der Waals surface area contributed by atoms with Crippen molar-refractivity contribution in [3.8, 4) is 5.75 Å². The van der Waals surface area contributed by atoms with Crippen molar-refractivity contribution in [2.45, 2.75) is 62.0 Å². The van der Waals surface area contributed by atoms with Gasteiger partial charge in [0, 0.05) is 27.9 Å². The van der Waals surface area contributed by atoms with Gasteiger partial charge < -0.3 is 15.0 Å². The normalized spacial score (nSPS) is 12.2. The highest BCUT2D eigenvalue weighted by Crippen LogP contribution is 2.33. The van der Waals surface area contributed by atoms with Crippen molar-refractivity contribution in [1.82, 2.24) is 10.2 Å². The molecule has 2 amide bonds. The average Bonchev–Trinajstić information content (AvgIpc) is 3.06. The second kappa shape index (κ2) is 16.5. The van der Waals surface area contributed by atoms with Crippen LogP contribution in [0.1, 0.15) is 38.8 Å². The second-order valence-electron chi connectivity index (χ2n) is 12.2. The summed E-state index contributed by atoms with van der Waals surface area (Å²) in [7, 11) is -4.27. The van der Waals surface area contributed by atoms with E-state index in [0.29, 0.717) is 12.4 Å². The van der Waals surface area contributed by atoms with E-state index in [-0.39, 0.29) is 29.5 Å². The molecule has 0 heterocycles. The Balaban J connectivity index is 1.85. The Kier molecular flexibility index (Phi) is 12.8. The molecule has 0 aliphatic heterocycles. The fourth-order valence-corrected chi connectivity index (χ4v) is 7.22. The average molecular weight is 753 g/mol. The van der Waals surface area contributed by atoms with E-state index >= 15 is 0 Å². The summed E-state index contributed by atoms with van der Waals surface area (Å²) < 4.78 is 36.7. The van der Waals surface area contributed by atoms with Gasteiger partial charge in [-0.15, -0.1) is 11.8 Å². The van der Waals surface area contributed by atoms with E-state index in [1.807, 2.05) is 88.5 Å². The van der Waals surface area contributed by atoms with Crippen LogP contribution in [0.2, 0.25) is 0 Å². The minimum atomic E-state index is -4.27. The molecule has 0 saturated heterocycles. The van der Waals surface area contributed by atoms with Crippen molar-refractivity contribution in [1.29, 1.82) is 0 Å². The zero-order chi connectivity index (χ0) is 34.9. The van der Waals surface area contributed by atoms with Crippen LogP contribution >= 0.6 is 27.7 Å². The number of carbonyl (C=O) groups is 2. The quantitative estimate of drug-likeness (QED) is 0.136. The maximum absolute atomic E-state index is 14.7. The molecule has 0 radical (unpaired) electrons. The lowest BCUT2D eigenvalue weighted by atomic mass is 10.0. The van der Waals surface area contributed by atoms with E-state index in [2.05, 4.69) is 21.2 Å². The van der Waals surface area contributed by atoms with Gasteiger partial charge in [-0.1, -0.05) is 70.5 Å². The van der Waals surface area contributed by atoms with Gasteiger partial charge in [0.1, 0.15) is 18.3 Å². The van der Waals surface area contributed by atoms with Gasteiger partial charge in [0.25, 0.3) is 10.0 Å². The fraction of sp³-hybridized carbons (Fsp3) is 0.297. The van der Waals surface area contributed by atoms with E-state index in [0.717, 1.165) is 24.8 Å². The number of anilines is 1. The first-order valence-corrected chi connectivity index (χ1v) is 19.1. The number of nitrogens with zero attached hydrogens (tertiary/aromatic N) is 2. The highest BCUT2D eigenvalue weighted by molar-refractivity contribution is 9.10. The first kappa shape index (κ1) is 37.0. The van der Waals surface area contributed by atoms with Crippen molar-refractivity contribution in [3.63, 3.8) is 0 Å². The maximum atomic E-state index is 14.7. The fourth-order valence-electron chi connectivity index (χ4n) is 5.12. The van der Waals surface area contributed by atoms with Crippen LogP contribution < -0.4 is 14.4 Å². The number of nitrogens with one attached hydrogen (secondary N) is 1. The third-order valence-corrected chi connectivity index (χ3v) is 10.4. The summed E-state index contributed by atoms with van der Waals surface area (Å²) in [5.41, 5.74) is 1.29. The van der Waals surface area contributed by atoms with E-state index in [9.17, 15) is 18.0 Å². The van der Waals surface area contributed by atoms with Crippen LogP contribution in [0.25, 0.3) is 0 Å². The van der Waals surface area contributed by atoms with Gasteiger partial charge in [-0.25, -0.2) is 8.42 Å². The molecule has 0 bridgehead atoms. The number of benzene rings is 4. The lowest BCUT2D eigenvalue weighted by molar-refractivity contribution is -0.140. The molecule has 1 N–H and O–H groups in total. The molecule has 4 aromatic rings. The topological polar surface area (TPSA) is 96.0 Å². The van der Waals surface area contributed by atoms with Crippen molar-refractivity contribution in [2.24, 2.45) is 0 Å². The summed E-state index contributed by atoms with van der Waals surface area (Å²) in [6.07, 6.45) is 2.14. The lowest BCUT2D eigenvalue weighted by Crippen LogP contribution is -2.56. The standard InChI is InChI=1S/C37H42BrN3O5S2/c1-6-46-34-15-11-10-14-32(34)41(48(44,45)31-22-20-30(47-5)21-23-31)26-35(42)40(25-28-16-18-29(38)19-17-28)33(36(43)39-37(2,3)4)24-27-12-8-7-9-13-27/h7-23,33H,6,24-26H2,1-5H3,(H,39,43). The van der Waals surface area contributed by atoms with Crippen LogP contribution in [0.5, 0.6) is 5.75 Å². The zero-order valence-corrected chi connectivity index (χ0v) is 31.1. The summed E-state index contributed by atoms with van der Waals surface area (Å²) in [4.78, 5) is 31.2. The van der Waals surface area contributed by atoms with E-state index in [1.54, 1.807) is 36.4 Å². The van der Waals surface area contributed by atoms with E-state index in [4.69, 9.17) is 4.74 Å². The van der Waals surface area contributed by atoms with Gasteiger partial charge >= 0.3 is 0 Å². The number of sulfonamides is 1. The first-order chi connectivity index (χ1) is 22.8. The SMILES string of the molecule is CCOc1ccccc1N(CC(=O)N(Cc1ccc(Br)cc1)C(Cc1ccccc1)C(=O)NC(C)(C)C)S(=O)(=O)c1ccc(SC)cc1. The van der Waals surface area contributed by atoms with Gasteiger partial charge in [-0.3, -0.25) is 13.9 Å². The van der Waals surface area contributed by atoms with Crippen LogP contribution in [0.15, 0.2) is 117 Å². The summed E-state index contributed by atoms with van der Waals surface area (Å²) in [5, 5.41) is 3.05. The number of ether oxygens (including phenoxy) is 1. The Labute approximate surface area is 297 Å². The molecule has 8 nitrogen and oxygen atoms in total. The molecule has 1 atom stereocenters. The number of carbonyl (C=O) groups excluding carboxylic acids is 2. The zero-order valence-electron chi connectivity index (χ0n) is 27.9. The van der Waals surface area contributed by atoms with Crippen LogP contribution in [-0.2, 0) is 32.6 Å². The molecule has 0 aliphatic rings. The van der Waals surface area contributed by atoms with Gasteiger partial charge in [-0.2, -0.15) is 0 Å². The largest absolute Gasteiger partial charge is 0.492 e. The molecule has 0 aliphatic carbocycles. The van der Waals surface area contributed by atoms with E-state index in [1.165, 1.54) is 28.8 Å². The molecule has 1 unspecified atom stereocenters. The van der Waals surface area contributed by atoms with Crippen molar-refractivity contribution < 1.29 is 22.7 Å². The number of amides is 2. The van der Waals surface area contributed by atoms with Crippen LogP contribution in [0.4, 0.5) is 5.69 Å². The molecule has 254 valence electrons. The number of para-hydroxylation sites is 2. The predicted molar refractivity (Wildman–Crippen MR) is 197 cm³/mol. The Hall–Kier alpha value is -3.80. The molecular formula is C37H42BrN3O5S2. The predicted octanol–water partition coefficient (Wildman–Crippen LogP) is 7.32. The van der Waals surface area contributed by atoms with Crippen LogP contribution in [0, 0.1) is 0 Å². The summed E-state index contributed by atoms with van der Waals surface area (Å²) >= 11 is 4.97. The maximum Gasteiger partial charge on any atom is 0.264 e. The minimum Gasteiger partial charge on any atom is -0.492 e. The van der Waals surface area contributed by atoms with E-state index < -0.39 is 34.1 Å². The van der Waals surface area contributed by atoms with Crippen molar-refractivity contribution in [3.05, 3.63) is 119 Å². The van der Waals surface area contributed by atoms with Crippen molar-refractivity contribution in [2.75, 3.05) is 23.7 Å². The van der Waals surface area contributed by atoms with Gasteiger partial charge in [0.15, 0.2) is 0 Å². The Morgan fingerprint density at radius 2 is 1.50 bits per heavy atom. The Morgan fingerprint density at radius 3 is 2.10 bits per heavy atom. The molecule has 4 rings (SSSR count). The summed E-state index contributed by atoms with van der Waals surface area (Å²) in [6, 6.07) is 29.3. The third-order valence-electron chi connectivity index (χ3n) is 7.40. The molecule has 4 aromatic carbocycles. The van der Waals surface area contributed by atoms with Crippen LogP contribution in [0.3, 0.4) is 0 Å². The highest BCUT2D eigenvalue weighted by Gasteiger charge is 2.36. The minimum absolute atomic E-state index is 0.0326. The molecular weight excluding hydrogens is 710 g/mol. The number of hydrogen-bond acceptors (Lipinski definition) is 6.